The Labute approximate surface area is 211 Å². The Morgan fingerprint density at radius 2 is 1.82 bits per heavy atom. The molecule has 3 amide bonds. The molecular formula is C24H24Cl2FN3O3S. The summed E-state index contributed by atoms with van der Waals surface area (Å²) in [5.41, 5.74) is 1.17. The first-order chi connectivity index (χ1) is 16.4. The fourth-order valence-corrected chi connectivity index (χ4v) is 4.31. The molecule has 0 atom stereocenters. The van der Waals surface area contributed by atoms with E-state index in [1.54, 1.807) is 29.2 Å². The molecule has 0 radical (unpaired) electrons. The number of urea groups is 1. The molecule has 0 saturated heterocycles. The Hall–Kier alpha value is -2.65. The van der Waals surface area contributed by atoms with E-state index in [0.29, 0.717) is 17.3 Å². The first kappa shape index (κ1) is 26.0. The summed E-state index contributed by atoms with van der Waals surface area (Å²) in [4.78, 5) is 30.3. The van der Waals surface area contributed by atoms with Crippen LogP contribution in [0, 0.1) is 5.82 Å². The van der Waals surface area contributed by atoms with Crippen LogP contribution in [0.4, 0.5) is 14.9 Å². The predicted molar refractivity (Wildman–Crippen MR) is 134 cm³/mol. The topological polar surface area (TPSA) is 61.9 Å². The maximum Gasteiger partial charge on any atom is 0.322 e. The zero-order valence-electron chi connectivity index (χ0n) is 18.5. The number of nitrogens with zero attached hydrogens (tertiary/aromatic N) is 2. The molecule has 0 spiro atoms. The second kappa shape index (κ2) is 12.7. The Morgan fingerprint density at radius 3 is 2.47 bits per heavy atom. The van der Waals surface area contributed by atoms with Crippen LogP contribution in [0.25, 0.3) is 0 Å². The molecule has 0 aliphatic carbocycles. The zero-order valence-corrected chi connectivity index (χ0v) is 20.8. The number of thiophene rings is 1. The molecular weight excluding hydrogens is 500 g/mol. The maximum absolute atomic E-state index is 13.3. The van der Waals surface area contributed by atoms with Crippen molar-refractivity contribution < 1.29 is 18.7 Å². The molecule has 2 aromatic carbocycles. The second-order valence-corrected chi connectivity index (χ2v) is 9.30. The molecule has 1 heterocycles. The minimum absolute atomic E-state index is 0.174. The fourth-order valence-electron chi connectivity index (χ4n) is 3.14. The van der Waals surface area contributed by atoms with Gasteiger partial charge in [0.2, 0.25) is 5.91 Å². The Morgan fingerprint density at radius 1 is 1.06 bits per heavy atom. The smallest absolute Gasteiger partial charge is 0.322 e. The Kier molecular flexibility index (Phi) is 9.71. The molecule has 0 bridgehead atoms. The summed E-state index contributed by atoms with van der Waals surface area (Å²) < 4.78 is 18.5. The first-order valence-electron chi connectivity index (χ1n) is 10.4. The van der Waals surface area contributed by atoms with Gasteiger partial charge < -0.3 is 19.9 Å². The number of benzene rings is 2. The molecule has 3 rings (SSSR count). The third-order valence-electron chi connectivity index (χ3n) is 4.92. The van der Waals surface area contributed by atoms with Crippen molar-refractivity contribution in [1.82, 2.24) is 9.80 Å². The highest BCUT2D eigenvalue weighted by Gasteiger charge is 2.23. The molecule has 1 aromatic heterocycles. The molecule has 3 aromatic rings. The van der Waals surface area contributed by atoms with Crippen LogP contribution in [-0.4, -0.2) is 48.5 Å². The number of halogens is 3. The van der Waals surface area contributed by atoms with E-state index in [0.717, 1.165) is 10.4 Å². The average molecular weight is 524 g/mol. The first-order valence-corrected chi connectivity index (χ1v) is 12.0. The Balaban J connectivity index is 1.76. The van der Waals surface area contributed by atoms with E-state index in [1.807, 2.05) is 17.5 Å². The van der Waals surface area contributed by atoms with E-state index in [1.165, 1.54) is 41.5 Å². The number of carbonyl (C=O) groups is 2. The van der Waals surface area contributed by atoms with Crippen molar-refractivity contribution in [2.75, 3.05) is 32.1 Å². The fraction of sp³-hybridized carbons (Fsp3) is 0.250. The lowest BCUT2D eigenvalue weighted by Crippen LogP contribution is -2.45. The number of ether oxygens (including phenoxy) is 1. The number of hydrogen-bond acceptors (Lipinski definition) is 4. The van der Waals surface area contributed by atoms with Gasteiger partial charge in [-0.05, 0) is 47.3 Å². The van der Waals surface area contributed by atoms with E-state index < -0.39 is 6.03 Å². The van der Waals surface area contributed by atoms with E-state index >= 15 is 0 Å². The molecule has 0 aliphatic rings. The van der Waals surface area contributed by atoms with Crippen molar-refractivity contribution in [2.45, 2.75) is 13.1 Å². The van der Waals surface area contributed by atoms with Gasteiger partial charge in [0.15, 0.2) is 0 Å². The van der Waals surface area contributed by atoms with Crippen LogP contribution in [0.3, 0.4) is 0 Å². The SMILES string of the molecule is COCCN(CC(=O)N(Cc1ccc(F)cc1)Cc1cccs1)C(=O)Nc1ccc(Cl)cc1Cl. The maximum atomic E-state index is 13.3. The molecule has 6 nitrogen and oxygen atoms in total. The zero-order chi connectivity index (χ0) is 24.5. The number of hydrogen-bond donors (Lipinski definition) is 1. The van der Waals surface area contributed by atoms with Gasteiger partial charge in [0.25, 0.3) is 0 Å². The summed E-state index contributed by atoms with van der Waals surface area (Å²) >= 11 is 13.6. The summed E-state index contributed by atoms with van der Waals surface area (Å²) in [5, 5.41) is 5.39. The second-order valence-electron chi connectivity index (χ2n) is 7.42. The van der Waals surface area contributed by atoms with Gasteiger partial charge >= 0.3 is 6.03 Å². The van der Waals surface area contributed by atoms with Crippen LogP contribution in [0.15, 0.2) is 60.0 Å². The summed E-state index contributed by atoms with van der Waals surface area (Å²) in [7, 11) is 1.52. The molecule has 0 saturated carbocycles. The third-order valence-corrected chi connectivity index (χ3v) is 6.33. The largest absolute Gasteiger partial charge is 0.383 e. The lowest BCUT2D eigenvalue weighted by molar-refractivity contribution is -0.133. The van der Waals surface area contributed by atoms with Crippen molar-refractivity contribution in [3.05, 3.63) is 86.3 Å². The van der Waals surface area contributed by atoms with Gasteiger partial charge in [-0.3, -0.25) is 4.79 Å². The molecule has 34 heavy (non-hydrogen) atoms. The highest BCUT2D eigenvalue weighted by Crippen LogP contribution is 2.25. The molecule has 0 unspecified atom stereocenters. The van der Waals surface area contributed by atoms with Crippen LogP contribution < -0.4 is 5.32 Å². The molecule has 10 heteroatoms. The van der Waals surface area contributed by atoms with E-state index in [2.05, 4.69) is 5.32 Å². The Bertz CT molecular complexity index is 1100. The van der Waals surface area contributed by atoms with E-state index in [9.17, 15) is 14.0 Å². The molecule has 0 aliphatic heterocycles. The third kappa shape index (κ3) is 7.70. The van der Waals surface area contributed by atoms with Crippen molar-refractivity contribution in [3.8, 4) is 0 Å². The van der Waals surface area contributed by atoms with Crippen LogP contribution >= 0.6 is 34.5 Å². The van der Waals surface area contributed by atoms with Gasteiger partial charge in [-0.2, -0.15) is 0 Å². The quantitative estimate of drug-likeness (QED) is 0.359. The van der Waals surface area contributed by atoms with Gasteiger partial charge in [0, 0.05) is 30.1 Å². The highest BCUT2D eigenvalue weighted by molar-refractivity contribution is 7.09. The lowest BCUT2D eigenvalue weighted by atomic mass is 10.2. The average Bonchev–Trinajstić information content (AvgIpc) is 3.32. The molecule has 1 N–H and O–H groups in total. The number of carbonyl (C=O) groups excluding carboxylic acids is 2. The predicted octanol–water partition coefficient (Wildman–Crippen LogP) is 5.90. The van der Waals surface area contributed by atoms with Crippen LogP contribution in [0.2, 0.25) is 10.0 Å². The van der Waals surface area contributed by atoms with Crippen LogP contribution in [-0.2, 0) is 22.6 Å². The van der Waals surface area contributed by atoms with Crippen molar-refractivity contribution in [3.63, 3.8) is 0 Å². The lowest BCUT2D eigenvalue weighted by Gasteiger charge is -2.28. The van der Waals surface area contributed by atoms with Gasteiger partial charge in [-0.25, -0.2) is 9.18 Å². The highest BCUT2D eigenvalue weighted by atomic mass is 35.5. The van der Waals surface area contributed by atoms with Gasteiger partial charge in [-0.15, -0.1) is 11.3 Å². The number of amides is 3. The van der Waals surface area contributed by atoms with Crippen LogP contribution in [0.1, 0.15) is 10.4 Å². The summed E-state index contributed by atoms with van der Waals surface area (Å²) in [5.74, 6) is -0.602. The summed E-state index contributed by atoms with van der Waals surface area (Å²) in [6.07, 6.45) is 0. The minimum Gasteiger partial charge on any atom is -0.383 e. The molecule has 180 valence electrons. The standard InChI is InChI=1S/C24H24Cl2FN3O3S/c1-33-11-10-29(24(32)28-22-9-6-18(25)13-21(22)26)16-23(31)30(15-20-3-2-12-34-20)14-17-4-7-19(27)8-5-17/h2-9,12-13H,10-11,14-16H2,1H3,(H,28,32). The number of methoxy groups -OCH3 is 1. The van der Waals surface area contributed by atoms with Crippen LogP contribution in [0.5, 0.6) is 0 Å². The van der Waals surface area contributed by atoms with Crippen molar-refractivity contribution >= 4 is 52.2 Å². The van der Waals surface area contributed by atoms with Crippen molar-refractivity contribution in [1.29, 1.82) is 0 Å². The number of rotatable bonds is 10. The van der Waals surface area contributed by atoms with E-state index in [4.69, 9.17) is 27.9 Å². The van der Waals surface area contributed by atoms with Gasteiger partial charge in [0.1, 0.15) is 12.4 Å². The minimum atomic E-state index is -0.493. The van der Waals surface area contributed by atoms with Gasteiger partial charge in [-0.1, -0.05) is 41.4 Å². The normalized spacial score (nSPS) is 10.7. The van der Waals surface area contributed by atoms with Crippen molar-refractivity contribution in [2.24, 2.45) is 0 Å². The van der Waals surface area contributed by atoms with Gasteiger partial charge in [0.05, 0.1) is 23.9 Å². The monoisotopic (exact) mass is 523 g/mol. The number of nitrogens with one attached hydrogen (secondary N) is 1. The van der Waals surface area contributed by atoms with E-state index in [-0.39, 0.29) is 43.0 Å². The summed E-state index contributed by atoms with van der Waals surface area (Å²) in [6, 6.07) is 14.1. The summed E-state index contributed by atoms with van der Waals surface area (Å²) in [6.45, 7) is 0.921. The molecule has 0 fully saturated rings. The number of anilines is 1.